The van der Waals surface area contributed by atoms with Gasteiger partial charge in [0.25, 0.3) is 0 Å². The fourth-order valence-corrected chi connectivity index (χ4v) is 0.720. The molecule has 0 atom stereocenters. The summed E-state index contributed by atoms with van der Waals surface area (Å²) in [4.78, 5) is 12.3. The maximum absolute atomic E-state index is 4.09. The zero-order chi connectivity index (χ0) is 7.40. The predicted octanol–water partition coefficient (Wildman–Crippen LogP) is 1.49. The van der Waals surface area contributed by atoms with Crippen LogP contribution in [0.15, 0.2) is 22.4 Å². The van der Waals surface area contributed by atoms with Crippen LogP contribution in [0.2, 0.25) is 0 Å². The molecule has 1 rings (SSSR count). The van der Waals surface area contributed by atoms with Crippen molar-refractivity contribution in [2.24, 2.45) is 4.99 Å². The van der Waals surface area contributed by atoms with E-state index in [0.29, 0.717) is 10.7 Å². The van der Waals surface area contributed by atoms with Gasteiger partial charge in [-0.2, -0.15) is 0 Å². The molecule has 0 saturated carbocycles. The van der Waals surface area contributed by atoms with Gasteiger partial charge in [0.2, 0.25) is 0 Å². The van der Waals surface area contributed by atoms with Crippen LogP contribution >= 0.6 is 12.6 Å². The van der Waals surface area contributed by atoms with E-state index < -0.39 is 0 Å². The van der Waals surface area contributed by atoms with Crippen LogP contribution in [0.25, 0.3) is 0 Å². The van der Waals surface area contributed by atoms with Crippen molar-refractivity contribution in [3.05, 3.63) is 12.5 Å². The molecule has 0 amide bonds. The Morgan fingerprint density at radius 1 is 1.70 bits per heavy atom. The third-order valence-corrected chi connectivity index (χ3v) is 1.24. The van der Waals surface area contributed by atoms with Crippen LogP contribution in [0.3, 0.4) is 0 Å². The highest BCUT2D eigenvalue weighted by Gasteiger charge is 1.93. The van der Waals surface area contributed by atoms with E-state index in [0.717, 1.165) is 0 Å². The van der Waals surface area contributed by atoms with Gasteiger partial charge in [0.15, 0.2) is 5.82 Å². The molecule has 0 aromatic carbocycles. The molecule has 0 N–H and O–H groups in total. The lowest BCUT2D eigenvalue weighted by atomic mass is 10.6. The molecule has 1 aromatic heterocycles. The van der Waals surface area contributed by atoms with Gasteiger partial charge in [0.05, 0.1) is 4.90 Å². The lowest BCUT2D eigenvalue weighted by Gasteiger charge is -1.92. The van der Waals surface area contributed by atoms with Gasteiger partial charge in [-0.25, -0.2) is 15.0 Å². The molecule has 0 unspecified atom stereocenters. The molecule has 1 heterocycles. The SMILES string of the molecule is CC=Nc1ncncc1S. The number of rotatable bonds is 1. The highest BCUT2D eigenvalue weighted by Crippen LogP contribution is 2.16. The molecular formula is C6H7N3S. The highest BCUT2D eigenvalue weighted by molar-refractivity contribution is 7.80. The zero-order valence-corrected chi connectivity index (χ0v) is 6.42. The second kappa shape index (κ2) is 3.31. The summed E-state index contributed by atoms with van der Waals surface area (Å²) in [5.41, 5.74) is 0. The Balaban J connectivity index is 3.03. The molecule has 52 valence electrons. The summed E-state index contributed by atoms with van der Waals surface area (Å²) in [6.07, 6.45) is 4.72. The Morgan fingerprint density at radius 2 is 2.50 bits per heavy atom. The maximum atomic E-state index is 4.09. The van der Waals surface area contributed by atoms with Crippen molar-refractivity contribution in [1.82, 2.24) is 9.97 Å². The van der Waals surface area contributed by atoms with Crippen molar-refractivity contribution in [1.29, 1.82) is 0 Å². The third-order valence-electron chi connectivity index (χ3n) is 0.924. The van der Waals surface area contributed by atoms with Crippen molar-refractivity contribution >= 4 is 24.7 Å². The van der Waals surface area contributed by atoms with Crippen molar-refractivity contribution in [2.45, 2.75) is 11.8 Å². The minimum atomic E-state index is 0.612. The summed E-state index contributed by atoms with van der Waals surface area (Å²) in [6, 6.07) is 0. The van der Waals surface area contributed by atoms with Crippen molar-refractivity contribution in [3.8, 4) is 0 Å². The van der Waals surface area contributed by atoms with E-state index in [9.17, 15) is 0 Å². The monoisotopic (exact) mass is 153 g/mol. The molecule has 3 nitrogen and oxygen atoms in total. The number of thiol groups is 1. The molecule has 10 heavy (non-hydrogen) atoms. The molecule has 0 fully saturated rings. The predicted molar refractivity (Wildman–Crippen MR) is 43.1 cm³/mol. The van der Waals surface area contributed by atoms with Gasteiger partial charge >= 0.3 is 0 Å². The summed E-state index contributed by atoms with van der Waals surface area (Å²) in [7, 11) is 0. The van der Waals surface area contributed by atoms with Crippen LogP contribution < -0.4 is 0 Å². The average molecular weight is 153 g/mol. The molecule has 0 aliphatic heterocycles. The van der Waals surface area contributed by atoms with E-state index in [1.807, 2.05) is 6.92 Å². The fourth-order valence-electron chi connectivity index (χ4n) is 0.538. The van der Waals surface area contributed by atoms with Gasteiger partial charge in [-0.15, -0.1) is 12.6 Å². The largest absolute Gasteiger partial charge is 0.243 e. The minimum Gasteiger partial charge on any atom is -0.243 e. The van der Waals surface area contributed by atoms with Gasteiger partial charge < -0.3 is 0 Å². The van der Waals surface area contributed by atoms with Crippen LogP contribution in [0, 0.1) is 0 Å². The van der Waals surface area contributed by atoms with Crippen LogP contribution in [0.5, 0.6) is 0 Å². The van der Waals surface area contributed by atoms with Gasteiger partial charge in [-0.1, -0.05) is 0 Å². The average Bonchev–Trinajstić information content (AvgIpc) is 1.94. The highest BCUT2D eigenvalue weighted by atomic mass is 32.1. The molecular weight excluding hydrogens is 146 g/mol. The smallest absolute Gasteiger partial charge is 0.168 e. The Hall–Kier alpha value is -0.900. The van der Waals surface area contributed by atoms with Crippen molar-refractivity contribution < 1.29 is 0 Å². The van der Waals surface area contributed by atoms with E-state index in [-0.39, 0.29) is 0 Å². The number of hydrogen-bond donors (Lipinski definition) is 1. The zero-order valence-electron chi connectivity index (χ0n) is 5.52. The summed E-state index contributed by atoms with van der Waals surface area (Å²) in [5, 5.41) is 0. The van der Waals surface area contributed by atoms with Crippen LogP contribution in [-0.4, -0.2) is 16.2 Å². The molecule has 0 aliphatic rings. The molecule has 0 aliphatic carbocycles. The number of nitrogens with zero attached hydrogens (tertiary/aromatic N) is 3. The first-order valence-electron chi connectivity index (χ1n) is 2.82. The van der Waals surface area contributed by atoms with Crippen LogP contribution in [0.1, 0.15) is 6.92 Å². The Morgan fingerprint density at radius 3 is 3.10 bits per heavy atom. The van der Waals surface area contributed by atoms with E-state index >= 15 is 0 Å². The first kappa shape index (κ1) is 7.21. The molecule has 0 bridgehead atoms. The molecule has 0 radical (unpaired) electrons. The van der Waals surface area contributed by atoms with Gasteiger partial charge in [0, 0.05) is 12.4 Å². The number of aliphatic imine (C=N–C) groups is 1. The van der Waals surface area contributed by atoms with Gasteiger partial charge in [-0.05, 0) is 6.92 Å². The normalized spacial score (nSPS) is 10.6. The maximum Gasteiger partial charge on any atom is 0.168 e. The van der Waals surface area contributed by atoms with Crippen molar-refractivity contribution in [3.63, 3.8) is 0 Å². The van der Waals surface area contributed by atoms with Gasteiger partial charge in [0.1, 0.15) is 6.33 Å². The minimum absolute atomic E-state index is 0.612. The standard InChI is InChI=1S/C6H7N3S/c1-2-8-6-5(10)3-7-4-9-6/h2-4,10H,1H3. The van der Waals surface area contributed by atoms with Gasteiger partial charge in [-0.3, -0.25) is 0 Å². The second-order valence-corrected chi connectivity index (χ2v) is 2.10. The number of hydrogen-bond acceptors (Lipinski definition) is 4. The topological polar surface area (TPSA) is 38.1 Å². The third kappa shape index (κ3) is 1.54. The first-order chi connectivity index (χ1) is 4.84. The van der Waals surface area contributed by atoms with Crippen LogP contribution in [-0.2, 0) is 0 Å². The summed E-state index contributed by atoms with van der Waals surface area (Å²) in [5.74, 6) is 0.612. The fraction of sp³-hybridized carbons (Fsp3) is 0.167. The Kier molecular flexibility index (Phi) is 2.39. The lowest BCUT2D eigenvalue weighted by molar-refractivity contribution is 1.09. The summed E-state index contributed by atoms with van der Waals surface area (Å²) in [6.45, 7) is 1.83. The molecule has 4 heteroatoms. The van der Waals surface area contributed by atoms with E-state index in [1.54, 1.807) is 12.4 Å². The quantitative estimate of drug-likeness (QED) is 0.490. The molecule has 0 spiro atoms. The molecule has 0 saturated heterocycles. The van der Waals surface area contributed by atoms with Crippen LogP contribution in [0.4, 0.5) is 5.82 Å². The second-order valence-electron chi connectivity index (χ2n) is 1.62. The van der Waals surface area contributed by atoms with E-state index in [4.69, 9.17) is 0 Å². The number of aromatic nitrogens is 2. The lowest BCUT2D eigenvalue weighted by Crippen LogP contribution is -1.78. The Labute approximate surface area is 64.7 Å². The Bertz CT molecular complexity index is 247. The molecule has 1 aromatic rings. The van der Waals surface area contributed by atoms with Crippen molar-refractivity contribution in [2.75, 3.05) is 0 Å². The van der Waals surface area contributed by atoms with E-state index in [1.165, 1.54) is 6.33 Å². The van der Waals surface area contributed by atoms with E-state index in [2.05, 4.69) is 27.6 Å². The summed E-state index contributed by atoms with van der Waals surface area (Å²) < 4.78 is 0. The first-order valence-corrected chi connectivity index (χ1v) is 3.27. The summed E-state index contributed by atoms with van der Waals surface area (Å²) >= 11 is 4.09.